The smallest absolute Gasteiger partial charge is 0.170 e. The second-order valence-corrected chi connectivity index (χ2v) is 4.54. The van der Waals surface area contributed by atoms with Crippen LogP contribution in [-0.2, 0) is 11.3 Å². The molecule has 7 heteroatoms. The zero-order valence-corrected chi connectivity index (χ0v) is 11.7. The molecule has 0 saturated carbocycles. The van der Waals surface area contributed by atoms with Gasteiger partial charge in [0.2, 0.25) is 0 Å². The maximum absolute atomic E-state index is 5.95. The molecule has 2 aromatic rings. The van der Waals surface area contributed by atoms with Crippen molar-refractivity contribution in [2.75, 3.05) is 20.3 Å². The first-order valence-corrected chi connectivity index (χ1v) is 6.33. The Hall–Kier alpha value is -1.50. The maximum Gasteiger partial charge on any atom is 0.170 e. The highest BCUT2D eigenvalue weighted by atomic mass is 35.5. The summed E-state index contributed by atoms with van der Waals surface area (Å²) < 4.78 is 6.69. The van der Waals surface area contributed by atoms with E-state index >= 15 is 0 Å². The van der Waals surface area contributed by atoms with Crippen molar-refractivity contribution < 1.29 is 4.74 Å². The van der Waals surface area contributed by atoms with Crippen LogP contribution in [0.15, 0.2) is 18.2 Å². The Labute approximate surface area is 116 Å². The molecule has 0 fully saturated rings. The molecule has 1 aromatic heterocycles. The number of benzene rings is 1. The number of ether oxygens (including phenoxy) is 1. The van der Waals surface area contributed by atoms with E-state index in [2.05, 4.69) is 20.8 Å². The molecule has 0 bridgehead atoms. The van der Waals surface area contributed by atoms with Crippen LogP contribution in [0.25, 0.3) is 5.69 Å². The summed E-state index contributed by atoms with van der Waals surface area (Å²) in [6.45, 7) is 3.97. The van der Waals surface area contributed by atoms with Crippen molar-refractivity contribution in [1.29, 1.82) is 0 Å². The van der Waals surface area contributed by atoms with E-state index in [0.717, 1.165) is 23.6 Å². The highest BCUT2D eigenvalue weighted by molar-refractivity contribution is 6.30. The van der Waals surface area contributed by atoms with E-state index in [9.17, 15) is 0 Å². The second kappa shape index (κ2) is 6.60. The third kappa shape index (κ3) is 3.50. The van der Waals surface area contributed by atoms with Gasteiger partial charge in [-0.25, -0.2) is 0 Å². The largest absolute Gasteiger partial charge is 0.383 e. The molecular formula is C12H16ClN5O. The predicted molar refractivity (Wildman–Crippen MR) is 72.5 cm³/mol. The van der Waals surface area contributed by atoms with E-state index in [-0.39, 0.29) is 0 Å². The number of nitrogens with zero attached hydrogens (tertiary/aromatic N) is 4. The summed E-state index contributed by atoms with van der Waals surface area (Å²) in [6.07, 6.45) is 0. The van der Waals surface area contributed by atoms with E-state index in [1.165, 1.54) is 0 Å². The van der Waals surface area contributed by atoms with Gasteiger partial charge >= 0.3 is 0 Å². The molecule has 2 rings (SSSR count). The molecule has 1 heterocycles. The van der Waals surface area contributed by atoms with Gasteiger partial charge in [-0.1, -0.05) is 11.6 Å². The molecule has 19 heavy (non-hydrogen) atoms. The van der Waals surface area contributed by atoms with Crippen LogP contribution in [0.5, 0.6) is 0 Å². The fraction of sp³-hybridized carbons (Fsp3) is 0.417. The highest BCUT2D eigenvalue weighted by Crippen LogP contribution is 2.18. The normalized spacial score (nSPS) is 10.9. The number of rotatable bonds is 6. The Balaban J connectivity index is 2.14. The molecule has 0 unspecified atom stereocenters. The predicted octanol–water partition coefficient (Wildman–Crippen LogP) is 1.36. The lowest BCUT2D eigenvalue weighted by atomic mass is 10.2. The zero-order chi connectivity index (χ0) is 13.7. The summed E-state index contributed by atoms with van der Waals surface area (Å²) in [6, 6.07) is 5.63. The summed E-state index contributed by atoms with van der Waals surface area (Å²) >= 11 is 5.95. The summed E-state index contributed by atoms with van der Waals surface area (Å²) in [5, 5.41) is 15.7. The number of hydrogen-bond donors (Lipinski definition) is 1. The Kier molecular flexibility index (Phi) is 4.84. The van der Waals surface area contributed by atoms with Crippen LogP contribution in [0, 0.1) is 6.92 Å². The van der Waals surface area contributed by atoms with E-state index in [1.807, 2.05) is 25.1 Å². The molecule has 0 spiro atoms. The SMILES string of the molecule is COCCNCc1nnnn1-c1ccc(Cl)cc1C. The van der Waals surface area contributed by atoms with Gasteiger partial charge in [0.15, 0.2) is 5.82 Å². The van der Waals surface area contributed by atoms with Crippen LogP contribution < -0.4 is 5.32 Å². The van der Waals surface area contributed by atoms with Crippen molar-refractivity contribution >= 4 is 11.6 Å². The molecule has 0 amide bonds. The number of aryl methyl sites for hydroxylation is 1. The van der Waals surface area contributed by atoms with Gasteiger partial charge < -0.3 is 10.1 Å². The topological polar surface area (TPSA) is 64.9 Å². The number of nitrogens with one attached hydrogen (secondary N) is 1. The fourth-order valence-electron chi connectivity index (χ4n) is 1.73. The molecule has 0 aliphatic rings. The molecule has 102 valence electrons. The summed E-state index contributed by atoms with van der Waals surface area (Å²) in [5.74, 6) is 0.751. The van der Waals surface area contributed by atoms with Gasteiger partial charge in [-0.15, -0.1) is 5.10 Å². The molecule has 0 aliphatic carbocycles. The van der Waals surface area contributed by atoms with E-state index in [4.69, 9.17) is 16.3 Å². The first-order chi connectivity index (χ1) is 9.22. The fourth-order valence-corrected chi connectivity index (χ4v) is 1.96. The summed E-state index contributed by atoms with van der Waals surface area (Å²) in [7, 11) is 1.67. The first-order valence-electron chi connectivity index (χ1n) is 5.96. The van der Waals surface area contributed by atoms with Crippen molar-refractivity contribution in [3.05, 3.63) is 34.6 Å². The van der Waals surface area contributed by atoms with Gasteiger partial charge in [-0.05, 0) is 41.1 Å². The molecule has 1 N–H and O–H groups in total. The van der Waals surface area contributed by atoms with Crippen molar-refractivity contribution in [2.45, 2.75) is 13.5 Å². The summed E-state index contributed by atoms with van der Waals surface area (Å²) in [4.78, 5) is 0. The van der Waals surface area contributed by atoms with Gasteiger partial charge in [0.25, 0.3) is 0 Å². The van der Waals surface area contributed by atoms with Gasteiger partial charge in [-0.3, -0.25) is 0 Å². The van der Waals surface area contributed by atoms with Crippen LogP contribution >= 0.6 is 11.6 Å². The monoisotopic (exact) mass is 281 g/mol. The maximum atomic E-state index is 5.95. The Morgan fingerprint density at radius 3 is 3.00 bits per heavy atom. The lowest BCUT2D eigenvalue weighted by Gasteiger charge is -2.08. The van der Waals surface area contributed by atoms with Crippen LogP contribution in [0.2, 0.25) is 5.02 Å². The van der Waals surface area contributed by atoms with Crippen LogP contribution in [0.3, 0.4) is 0 Å². The van der Waals surface area contributed by atoms with Crippen molar-refractivity contribution in [2.24, 2.45) is 0 Å². The van der Waals surface area contributed by atoms with Crippen molar-refractivity contribution in [3.8, 4) is 5.69 Å². The molecular weight excluding hydrogens is 266 g/mol. The average molecular weight is 282 g/mol. The molecule has 1 aromatic carbocycles. The molecule has 0 aliphatic heterocycles. The lowest BCUT2D eigenvalue weighted by Crippen LogP contribution is -2.21. The number of hydrogen-bond acceptors (Lipinski definition) is 5. The number of halogens is 1. The average Bonchev–Trinajstić information content (AvgIpc) is 2.83. The van der Waals surface area contributed by atoms with Gasteiger partial charge in [-0.2, -0.15) is 4.68 Å². The quantitative estimate of drug-likeness (QED) is 0.810. The van der Waals surface area contributed by atoms with Crippen molar-refractivity contribution in [1.82, 2.24) is 25.5 Å². The Bertz CT molecular complexity index is 543. The van der Waals surface area contributed by atoms with Crippen LogP contribution in [0.4, 0.5) is 0 Å². The Morgan fingerprint density at radius 1 is 1.42 bits per heavy atom. The summed E-state index contributed by atoms with van der Waals surface area (Å²) in [5.41, 5.74) is 1.95. The minimum atomic E-state index is 0.582. The number of methoxy groups -OCH3 is 1. The lowest BCUT2D eigenvalue weighted by molar-refractivity contribution is 0.199. The minimum absolute atomic E-state index is 0.582. The second-order valence-electron chi connectivity index (χ2n) is 4.11. The number of tetrazole rings is 1. The van der Waals surface area contributed by atoms with E-state index in [1.54, 1.807) is 11.8 Å². The highest BCUT2D eigenvalue weighted by Gasteiger charge is 2.10. The number of aromatic nitrogens is 4. The van der Waals surface area contributed by atoms with Gasteiger partial charge in [0.1, 0.15) is 0 Å². The Morgan fingerprint density at radius 2 is 2.26 bits per heavy atom. The minimum Gasteiger partial charge on any atom is -0.383 e. The van der Waals surface area contributed by atoms with Gasteiger partial charge in [0, 0.05) is 18.7 Å². The molecule has 0 atom stereocenters. The van der Waals surface area contributed by atoms with Crippen molar-refractivity contribution in [3.63, 3.8) is 0 Å². The molecule has 0 radical (unpaired) electrons. The van der Waals surface area contributed by atoms with Crippen LogP contribution in [0.1, 0.15) is 11.4 Å². The van der Waals surface area contributed by atoms with Gasteiger partial charge in [0.05, 0.1) is 18.8 Å². The molecule has 6 nitrogen and oxygen atoms in total. The third-order valence-electron chi connectivity index (χ3n) is 2.69. The zero-order valence-electron chi connectivity index (χ0n) is 10.9. The first kappa shape index (κ1) is 13.9. The van der Waals surface area contributed by atoms with Crippen LogP contribution in [-0.4, -0.2) is 40.5 Å². The third-order valence-corrected chi connectivity index (χ3v) is 2.92. The van der Waals surface area contributed by atoms with E-state index < -0.39 is 0 Å². The standard InChI is InChI=1S/C12H16ClN5O/c1-9-7-10(13)3-4-11(9)18-12(15-16-17-18)8-14-5-6-19-2/h3-4,7,14H,5-6,8H2,1-2H3. The molecule has 0 saturated heterocycles. The van der Waals surface area contributed by atoms with E-state index in [0.29, 0.717) is 18.2 Å².